The van der Waals surface area contributed by atoms with E-state index in [1.807, 2.05) is 6.92 Å². The van der Waals surface area contributed by atoms with Crippen molar-refractivity contribution in [3.05, 3.63) is 32.8 Å². The Labute approximate surface area is 125 Å². The lowest BCUT2D eigenvalue weighted by molar-refractivity contribution is -0.385. The highest BCUT2D eigenvalue weighted by molar-refractivity contribution is 9.10. The highest BCUT2D eigenvalue weighted by Crippen LogP contribution is 2.26. The summed E-state index contributed by atoms with van der Waals surface area (Å²) in [6, 6.07) is 4.22. The molecule has 9 heteroatoms. The van der Waals surface area contributed by atoms with Gasteiger partial charge in [0, 0.05) is 16.5 Å². The maximum atomic E-state index is 11.0. The van der Waals surface area contributed by atoms with Gasteiger partial charge in [-0.25, -0.2) is 13.6 Å². The molecule has 1 unspecified atom stereocenters. The summed E-state index contributed by atoms with van der Waals surface area (Å²) in [5, 5.41) is 15.7. The van der Waals surface area contributed by atoms with E-state index in [0.29, 0.717) is 16.6 Å². The van der Waals surface area contributed by atoms with Crippen LogP contribution in [0.2, 0.25) is 0 Å². The van der Waals surface area contributed by atoms with Crippen LogP contribution in [-0.4, -0.2) is 25.7 Å². The van der Waals surface area contributed by atoms with Crippen molar-refractivity contribution < 1.29 is 18.1 Å². The normalized spacial score (nSPS) is 12.9. The molecule has 112 valence electrons. The predicted molar refractivity (Wildman–Crippen MR) is 78.0 cm³/mol. The smallest absolute Gasteiger partial charge is 0.274 e. The molecule has 0 aromatic heterocycles. The van der Waals surface area contributed by atoms with Gasteiger partial charge in [0.2, 0.25) is 10.0 Å². The summed E-state index contributed by atoms with van der Waals surface area (Å²) in [6.45, 7) is 1.95. The van der Waals surface area contributed by atoms with Gasteiger partial charge in [-0.2, -0.15) is 0 Å². The summed E-state index contributed by atoms with van der Waals surface area (Å²) in [6.07, 6.45) is 0.576. The van der Waals surface area contributed by atoms with Crippen LogP contribution in [0.3, 0.4) is 0 Å². The van der Waals surface area contributed by atoms with Gasteiger partial charge in [-0.1, -0.05) is 22.9 Å². The summed E-state index contributed by atoms with van der Waals surface area (Å²) in [7, 11) is -3.57. The molecule has 0 bridgehead atoms. The average molecular weight is 367 g/mol. The molecule has 0 aliphatic rings. The molecular weight excluding hydrogens is 352 g/mol. The lowest BCUT2D eigenvalue weighted by Gasteiger charge is -2.14. The van der Waals surface area contributed by atoms with Crippen LogP contribution in [-0.2, 0) is 10.0 Å². The Hall–Kier alpha value is -1.19. The van der Waals surface area contributed by atoms with Crippen LogP contribution in [0.1, 0.15) is 13.3 Å². The molecule has 0 fully saturated rings. The highest BCUT2D eigenvalue weighted by Gasteiger charge is 2.16. The van der Waals surface area contributed by atoms with Crippen molar-refractivity contribution in [1.82, 2.24) is 0 Å². The van der Waals surface area contributed by atoms with Gasteiger partial charge in [0.1, 0.15) is 5.75 Å². The number of non-ortho nitro benzene ring substituents is 1. The number of rotatable bonds is 7. The zero-order chi connectivity index (χ0) is 15.3. The minimum atomic E-state index is -3.57. The quantitative estimate of drug-likeness (QED) is 0.585. The number of nitrogens with zero attached hydrogens (tertiary/aromatic N) is 1. The molecule has 1 aromatic carbocycles. The number of primary sulfonamides is 1. The Morgan fingerprint density at radius 1 is 1.45 bits per heavy atom. The molecule has 0 spiro atoms. The molecule has 0 aliphatic heterocycles. The first-order valence-corrected chi connectivity index (χ1v) is 8.30. The summed E-state index contributed by atoms with van der Waals surface area (Å²) >= 11 is 3.15. The van der Waals surface area contributed by atoms with Crippen molar-refractivity contribution in [2.24, 2.45) is 11.1 Å². The van der Waals surface area contributed by atoms with Gasteiger partial charge in [-0.15, -0.1) is 0 Å². The van der Waals surface area contributed by atoms with E-state index in [4.69, 9.17) is 9.88 Å². The minimum Gasteiger partial charge on any atom is -0.493 e. The number of hydrogen-bond donors (Lipinski definition) is 1. The van der Waals surface area contributed by atoms with E-state index in [1.54, 1.807) is 6.07 Å². The maximum Gasteiger partial charge on any atom is 0.274 e. The average Bonchev–Trinajstić information content (AvgIpc) is 2.32. The Morgan fingerprint density at radius 3 is 2.60 bits per heavy atom. The van der Waals surface area contributed by atoms with Crippen molar-refractivity contribution in [2.45, 2.75) is 13.3 Å². The third kappa shape index (κ3) is 5.85. The summed E-state index contributed by atoms with van der Waals surface area (Å²) in [5.41, 5.74) is -0.103. The van der Waals surface area contributed by atoms with E-state index in [2.05, 4.69) is 15.9 Å². The number of benzene rings is 1. The Bertz CT molecular complexity index is 590. The van der Waals surface area contributed by atoms with Crippen molar-refractivity contribution in [3.8, 4) is 5.75 Å². The molecule has 20 heavy (non-hydrogen) atoms. The van der Waals surface area contributed by atoms with Crippen molar-refractivity contribution in [1.29, 1.82) is 0 Å². The summed E-state index contributed by atoms with van der Waals surface area (Å²) in [5.74, 6) is -0.137. The third-order valence-electron chi connectivity index (χ3n) is 2.60. The molecule has 7 nitrogen and oxygen atoms in total. The largest absolute Gasteiger partial charge is 0.493 e. The number of sulfonamides is 1. The predicted octanol–water partition coefficient (Wildman–Crippen LogP) is 2.05. The van der Waals surface area contributed by atoms with Gasteiger partial charge < -0.3 is 4.74 Å². The fourth-order valence-corrected chi connectivity index (χ4v) is 3.01. The number of nitrogens with two attached hydrogens (primary N) is 1. The monoisotopic (exact) mass is 366 g/mol. The Balaban J connectivity index is 2.76. The van der Waals surface area contributed by atoms with Crippen LogP contribution in [0.15, 0.2) is 22.7 Å². The van der Waals surface area contributed by atoms with E-state index in [1.165, 1.54) is 12.1 Å². The standard InChI is InChI=1S/C11H15BrN2O5S/c1-2-8(7-20(13,17)18)6-19-11-4-9(12)3-10(5-11)14(15)16/h3-5,8H,2,6-7H2,1H3,(H2,13,17,18). The van der Waals surface area contributed by atoms with Crippen LogP contribution < -0.4 is 9.88 Å². The SMILES string of the molecule is CCC(COc1cc(Br)cc([N+](=O)[O-])c1)CS(N)(=O)=O. The van der Waals surface area contributed by atoms with Crippen LogP contribution in [0.5, 0.6) is 5.75 Å². The molecular formula is C11H15BrN2O5S. The number of halogens is 1. The Kier molecular flexibility index (Phi) is 5.90. The van der Waals surface area contributed by atoms with Crippen molar-refractivity contribution in [3.63, 3.8) is 0 Å². The molecule has 0 saturated heterocycles. The molecule has 1 aromatic rings. The molecule has 1 atom stereocenters. The molecule has 0 heterocycles. The van der Waals surface area contributed by atoms with Gasteiger partial charge in [0.05, 0.1) is 23.3 Å². The molecule has 0 aliphatic carbocycles. The Morgan fingerprint density at radius 2 is 2.10 bits per heavy atom. The van der Waals surface area contributed by atoms with Crippen LogP contribution in [0.25, 0.3) is 0 Å². The van der Waals surface area contributed by atoms with Crippen molar-refractivity contribution >= 4 is 31.6 Å². The van der Waals surface area contributed by atoms with Crippen LogP contribution >= 0.6 is 15.9 Å². The first kappa shape index (κ1) is 16.9. The fraction of sp³-hybridized carbons (Fsp3) is 0.455. The number of ether oxygens (including phenoxy) is 1. The van der Waals surface area contributed by atoms with Gasteiger partial charge in [0.15, 0.2) is 0 Å². The van der Waals surface area contributed by atoms with E-state index >= 15 is 0 Å². The maximum absolute atomic E-state index is 11.0. The third-order valence-corrected chi connectivity index (χ3v) is 3.99. The topological polar surface area (TPSA) is 113 Å². The van der Waals surface area contributed by atoms with Gasteiger partial charge in [-0.3, -0.25) is 10.1 Å². The first-order valence-electron chi connectivity index (χ1n) is 5.79. The molecule has 0 radical (unpaired) electrons. The fourth-order valence-electron chi connectivity index (χ4n) is 1.56. The highest BCUT2D eigenvalue weighted by atomic mass is 79.9. The number of nitro groups is 1. The van der Waals surface area contributed by atoms with Crippen LogP contribution in [0, 0.1) is 16.0 Å². The van der Waals surface area contributed by atoms with E-state index < -0.39 is 14.9 Å². The molecule has 0 saturated carbocycles. The van der Waals surface area contributed by atoms with E-state index in [0.717, 1.165) is 0 Å². The zero-order valence-corrected chi connectivity index (χ0v) is 13.2. The van der Waals surface area contributed by atoms with Gasteiger partial charge in [0.25, 0.3) is 5.69 Å². The second-order valence-corrected chi connectivity index (χ2v) is 6.89. The molecule has 2 N–H and O–H groups in total. The summed E-state index contributed by atoms with van der Waals surface area (Å²) in [4.78, 5) is 10.2. The minimum absolute atomic E-state index is 0.103. The number of hydrogen-bond acceptors (Lipinski definition) is 5. The molecule has 0 amide bonds. The second-order valence-electron chi connectivity index (χ2n) is 4.32. The van der Waals surface area contributed by atoms with E-state index in [-0.39, 0.29) is 24.0 Å². The lowest BCUT2D eigenvalue weighted by Crippen LogP contribution is -2.26. The van der Waals surface area contributed by atoms with Crippen molar-refractivity contribution in [2.75, 3.05) is 12.4 Å². The zero-order valence-electron chi connectivity index (χ0n) is 10.8. The van der Waals surface area contributed by atoms with Gasteiger partial charge in [-0.05, 0) is 12.5 Å². The van der Waals surface area contributed by atoms with Crippen LogP contribution in [0.4, 0.5) is 5.69 Å². The molecule has 1 rings (SSSR count). The first-order chi connectivity index (χ1) is 9.21. The summed E-state index contributed by atoms with van der Waals surface area (Å²) < 4.78 is 28.0. The number of nitro benzene ring substituents is 1. The lowest BCUT2D eigenvalue weighted by atomic mass is 10.1. The van der Waals surface area contributed by atoms with Gasteiger partial charge >= 0.3 is 0 Å². The van der Waals surface area contributed by atoms with E-state index in [9.17, 15) is 18.5 Å². The second kappa shape index (κ2) is 7.00.